The number of carboxylic acid groups (broad SMARTS) is 1. The maximum absolute atomic E-state index is 12.5. The van der Waals surface area contributed by atoms with Crippen LogP contribution >= 0.6 is 15.9 Å². The van der Waals surface area contributed by atoms with E-state index in [9.17, 15) is 28.1 Å². The molecule has 0 aliphatic rings. The fourth-order valence-corrected chi connectivity index (χ4v) is 1.77. The number of nitro groups is 1. The summed E-state index contributed by atoms with van der Waals surface area (Å²) < 4.78 is 37.5. The Bertz CT molecular complexity index is 515. The van der Waals surface area contributed by atoms with Gasteiger partial charge in [-0.05, 0) is 11.6 Å². The summed E-state index contributed by atoms with van der Waals surface area (Å²) in [7, 11) is 0. The van der Waals surface area contributed by atoms with E-state index in [0.717, 1.165) is 0 Å². The van der Waals surface area contributed by atoms with Crippen LogP contribution in [0.15, 0.2) is 16.6 Å². The highest BCUT2D eigenvalue weighted by atomic mass is 79.9. The lowest BCUT2D eigenvalue weighted by atomic mass is 10.1. The van der Waals surface area contributed by atoms with Gasteiger partial charge in [-0.1, -0.05) is 15.9 Å². The number of carboxylic acids is 1. The summed E-state index contributed by atoms with van der Waals surface area (Å²) in [5, 5.41) is 19.1. The Kier molecular flexibility index (Phi) is 3.95. The molecule has 1 aromatic rings. The first kappa shape index (κ1) is 14.4. The molecule has 0 atom stereocenters. The number of benzene rings is 1. The molecule has 0 amide bonds. The van der Waals surface area contributed by atoms with Crippen LogP contribution in [0.25, 0.3) is 0 Å². The van der Waals surface area contributed by atoms with Gasteiger partial charge in [0.2, 0.25) is 0 Å². The summed E-state index contributed by atoms with van der Waals surface area (Å²) in [5.41, 5.74) is -2.68. The average molecular weight is 328 g/mol. The van der Waals surface area contributed by atoms with Crippen LogP contribution < -0.4 is 0 Å². The number of hydrogen-bond acceptors (Lipinski definition) is 3. The molecule has 98 valence electrons. The molecular weight excluding hydrogens is 323 g/mol. The second-order valence-electron chi connectivity index (χ2n) is 3.29. The number of carbonyl (C=O) groups is 1. The lowest BCUT2D eigenvalue weighted by Gasteiger charge is -2.10. The Morgan fingerprint density at radius 1 is 1.44 bits per heavy atom. The topological polar surface area (TPSA) is 80.4 Å². The Morgan fingerprint density at radius 2 is 2.00 bits per heavy atom. The second-order valence-corrected chi connectivity index (χ2v) is 4.14. The third-order valence-electron chi connectivity index (χ3n) is 2.01. The van der Waals surface area contributed by atoms with Crippen LogP contribution in [-0.4, -0.2) is 16.0 Å². The minimum absolute atomic E-state index is 0.0952. The number of nitrogens with zero attached hydrogens (tertiary/aromatic N) is 1. The predicted octanol–water partition coefficient (Wildman–Crippen LogP) is 3.00. The fourth-order valence-electron chi connectivity index (χ4n) is 1.28. The number of aliphatic carboxylic acids is 1. The van der Waals surface area contributed by atoms with E-state index in [1.54, 1.807) is 0 Å². The van der Waals surface area contributed by atoms with Gasteiger partial charge in [-0.25, -0.2) is 0 Å². The zero-order chi connectivity index (χ0) is 14.1. The Hall–Kier alpha value is -1.64. The molecule has 0 bridgehead atoms. The van der Waals surface area contributed by atoms with E-state index >= 15 is 0 Å². The van der Waals surface area contributed by atoms with Crippen molar-refractivity contribution in [1.29, 1.82) is 0 Å². The summed E-state index contributed by atoms with van der Waals surface area (Å²) in [6.07, 6.45) is -5.49. The third-order valence-corrected chi connectivity index (χ3v) is 2.75. The standard InChI is InChI=1S/C9H5BrF3NO4/c10-6-3-5(9(11,12)13)7(14(17)18)1-4(6)2-8(15)16/h1,3H,2H2,(H,15,16). The molecule has 0 spiro atoms. The molecule has 1 aromatic carbocycles. The SMILES string of the molecule is O=C(O)Cc1cc([N+](=O)[O-])c(C(F)(F)F)cc1Br. The van der Waals surface area contributed by atoms with Crippen molar-refractivity contribution in [3.05, 3.63) is 37.8 Å². The van der Waals surface area contributed by atoms with Gasteiger partial charge in [-0.2, -0.15) is 13.2 Å². The molecule has 0 aliphatic heterocycles. The number of alkyl halides is 3. The van der Waals surface area contributed by atoms with Crippen LogP contribution in [0.2, 0.25) is 0 Å². The van der Waals surface area contributed by atoms with Crippen molar-refractivity contribution in [2.24, 2.45) is 0 Å². The van der Waals surface area contributed by atoms with Crippen LogP contribution in [0.3, 0.4) is 0 Å². The zero-order valence-corrected chi connectivity index (χ0v) is 10.1. The molecule has 18 heavy (non-hydrogen) atoms. The Labute approximate surface area is 106 Å². The van der Waals surface area contributed by atoms with Gasteiger partial charge in [0.15, 0.2) is 0 Å². The number of nitro benzene ring substituents is 1. The number of halogens is 4. The molecule has 0 saturated heterocycles. The first-order valence-electron chi connectivity index (χ1n) is 4.38. The maximum Gasteiger partial charge on any atom is 0.423 e. The molecule has 0 saturated carbocycles. The first-order chi connectivity index (χ1) is 8.12. The smallest absolute Gasteiger partial charge is 0.423 e. The highest BCUT2D eigenvalue weighted by Crippen LogP contribution is 2.39. The molecular formula is C9H5BrF3NO4. The largest absolute Gasteiger partial charge is 0.481 e. The van der Waals surface area contributed by atoms with Crippen LogP contribution in [-0.2, 0) is 17.4 Å². The Balaban J connectivity index is 3.44. The van der Waals surface area contributed by atoms with Gasteiger partial charge in [0.1, 0.15) is 5.56 Å². The zero-order valence-electron chi connectivity index (χ0n) is 8.49. The lowest BCUT2D eigenvalue weighted by molar-refractivity contribution is -0.388. The van der Waals surface area contributed by atoms with E-state index in [4.69, 9.17) is 5.11 Å². The molecule has 9 heteroatoms. The number of rotatable bonds is 3. The lowest BCUT2D eigenvalue weighted by Crippen LogP contribution is -2.11. The highest BCUT2D eigenvalue weighted by Gasteiger charge is 2.39. The molecule has 1 N–H and O–H groups in total. The van der Waals surface area contributed by atoms with Crippen molar-refractivity contribution in [2.45, 2.75) is 12.6 Å². The van der Waals surface area contributed by atoms with Crippen LogP contribution in [0.5, 0.6) is 0 Å². The van der Waals surface area contributed by atoms with Gasteiger partial charge in [0.05, 0.1) is 11.3 Å². The minimum Gasteiger partial charge on any atom is -0.481 e. The van der Waals surface area contributed by atoms with E-state index in [-0.39, 0.29) is 10.0 Å². The van der Waals surface area contributed by atoms with Gasteiger partial charge in [-0.3, -0.25) is 14.9 Å². The van der Waals surface area contributed by atoms with Crippen molar-refractivity contribution >= 4 is 27.6 Å². The van der Waals surface area contributed by atoms with Crippen molar-refractivity contribution in [1.82, 2.24) is 0 Å². The highest BCUT2D eigenvalue weighted by molar-refractivity contribution is 9.10. The van der Waals surface area contributed by atoms with E-state index in [0.29, 0.717) is 12.1 Å². The third kappa shape index (κ3) is 3.19. The summed E-state index contributed by atoms with van der Waals surface area (Å²) >= 11 is 2.77. The van der Waals surface area contributed by atoms with E-state index in [2.05, 4.69) is 15.9 Å². The summed E-state index contributed by atoms with van der Waals surface area (Å²) in [5.74, 6) is -1.30. The molecule has 0 aromatic heterocycles. The summed E-state index contributed by atoms with van der Waals surface area (Å²) in [6.45, 7) is 0. The predicted molar refractivity (Wildman–Crippen MR) is 57.1 cm³/mol. The van der Waals surface area contributed by atoms with Crippen molar-refractivity contribution in [3.8, 4) is 0 Å². The van der Waals surface area contributed by atoms with Crippen molar-refractivity contribution in [2.75, 3.05) is 0 Å². The van der Waals surface area contributed by atoms with Crippen molar-refractivity contribution < 1.29 is 28.0 Å². The quantitative estimate of drug-likeness (QED) is 0.683. The van der Waals surface area contributed by atoms with Gasteiger partial charge in [0.25, 0.3) is 5.69 Å². The van der Waals surface area contributed by atoms with Crippen LogP contribution in [0, 0.1) is 10.1 Å². The van der Waals surface area contributed by atoms with E-state index < -0.39 is 34.7 Å². The first-order valence-corrected chi connectivity index (χ1v) is 5.18. The van der Waals surface area contributed by atoms with E-state index in [1.807, 2.05) is 0 Å². The van der Waals surface area contributed by atoms with Crippen molar-refractivity contribution in [3.63, 3.8) is 0 Å². The number of hydrogen-bond donors (Lipinski definition) is 1. The van der Waals surface area contributed by atoms with Gasteiger partial charge in [-0.15, -0.1) is 0 Å². The average Bonchev–Trinajstić information content (AvgIpc) is 2.17. The normalized spacial score (nSPS) is 11.3. The molecule has 0 fully saturated rings. The molecule has 0 radical (unpaired) electrons. The Morgan fingerprint density at radius 3 is 2.39 bits per heavy atom. The molecule has 1 rings (SSSR count). The monoisotopic (exact) mass is 327 g/mol. The van der Waals surface area contributed by atoms with Crippen LogP contribution in [0.4, 0.5) is 18.9 Å². The second kappa shape index (κ2) is 4.92. The summed E-state index contributed by atoms with van der Waals surface area (Å²) in [4.78, 5) is 19.8. The minimum atomic E-state index is -4.88. The maximum atomic E-state index is 12.5. The molecule has 0 unspecified atom stereocenters. The van der Waals surface area contributed by atoms with E-state index in [1.165, 1.54) is 0 Å². The van der Waals surface area contributed by atoms with Crippen LogP contribution in [0.1, 0.15) is 11.1 Å². The van der Waals surface area contributed by atoms with Gasteiger partial charge < -0.3 is 5.11 Å². The molecule has 5 nitrogen and oxygen atoms in total. The van der Waals surface area contributed by atoms with Gasteiger partial charge >= 0.3 is 12.1 Å². The molecule has 0 heterocycles. The summed E-state index contributed by atoms with van der Waals surface area (Å²) in [6, 6.07) is 1.12. The fraction of sp³-hybridized carbons (Fsp3) is 0.222. The van der Waals surface area contributed by atoms with Gasteiger partial charge in [0, 0.05) is 10.5 Å². The molecule has 0 aliphatic carbocycles.